The second kappa shape index (κ2) is 6.52. The lowest BCUT2D eigenvalue weighted by Gasteiger charge is -2.33. The lowest BCUT2D eigenvalue weighted by molar-refractivity contribution is 0.340. The topological polar surface area (TPSA) is 33.6 Å². The van der Waals surface area contributed by atoms with Crippen LogP contribution in [-0.2, 0) is 5.54 Å². The van der Waals surface area contributed by atoms with Crippen molar-refractivity contribution in [1.82, 2.24) is 0 Å². The highest BCUT2D eigenvalue weighted by molar-refractivity contribution is 7.68. The van der Waals surface area contributed by atoms with Gasteiger partial charge in [-0.3, -0.25) is 0 Å². The van der Waals surface area contributed by atoms with Crippen molar-refractivity contribution >= 4 is 32.1 Å². The molecular weight excluding hydrogens is 367 g/mol. The molecule has 26 heavy (non-hydrogen) atoms. The second-order valence-corrected chi connectivity index (χ2v) is 8.79. The molecule has 3 aromatic rings. The third kappa shape index (κ3) is 3.04. The monoisotopic (exact) mass is 386 g/mol. The lowest BCUT2D eigenvalue weighted by atomic mass is 9.90. The van der Waals surface area contributed by atoms with Gasteiger partial charge in [-0.05, 0) is 51.1 Å². The number of fused-ring (bicyclic) bond motifs is 3. The second-order valence-electron chi connectivity index (χ2n) is 6.66. The van der Waals surface area contributed by atoms with Crippen molar-refractivity contribution in [3.8, 4) is 16.9 Å². The van der Waals surface area contributed by atoms with Crippen LogP contribution in [-0.4, -0.2) is 6.61 Å². The zero-order chi connectivity index (χ0) is 18.3. The van der Waals surface area contributed by atoms with Gasteiger partial charge in [-0.1, -0.05) is 26.7 Å². The summed E-state index contributed by atoms with van der Waals surface area (Å²) < 4.78 is 20.1. The maximum Gasteiger partial charge on any atom is 0.135 e. The first-order valence-electron chi connectivity index (χ1n) is 8.47. The van der Waals surface area contributed by atoms with E-state index in [4.69, 9.17) is 9.73 Å². The van der Waals surface area contributed by atoms with Crippen molar-refractivity contribution < 1.29 is 9.13 Å². The molecule has 0 saturated heterocycles. The summed E-state index contributed by atoms with van der Waals surface area (Å²) in [7, 11) is 3.35. The zero-order valence-electron chi connectivity index (χ0n) is 14.8. The Bertz CT molecular complexity index is 1040. The van der Waals surface area contributed by atoms with Gasteiger partial charge in [0.15, 0.2) is 0 Å². The fourth-order valence-electron chi connectivity index (χ4n) is 3.15. The van der Waals surface area contributed by atoms with Gasteiger partial charge in [0.05, 0.1) is 22.7 Å². The molecule has 1 aromatic heterocycles. The van der Waals surface area contributed by atoms with Gasteiger partial charge in [0.25, 0.3) is 0 Å². The highest BCUT2D eigenvalue weighted by Crippen LogP contribution is 2.46. The number of halogens is 1. The van der Waals surface area contributed by atoms with Crippen LogP contribution in [0, 0.1) is 5.82 Å². The van der Waals surface area contributed by atoms with Gasteiger partial charge in [-0.15, -0.1) is 0 Å². The van der Waals surface area contributed by atoms with Gasteiger partial charge in [0, 0.05) is 22.9 Å². The van der Waals surface area contributed by atoms with Crippen LogP contribution in [0.5, 0.6) is 5.75 Å². The van der Waals surface area contributed by atoms with Crippen LogP contribution in [0.2, 0.25) is 0 Å². The number of hydrogen-bond acceptors (Lipinski definition) is 5. The molecule has 0 amide bonds. The summed E-state index contributed by atoms with van der Waals surface area (Å²) >= 11 is 0. The highest BCUT2D eigenvalue weighted by atomic mass is 32.9. The van der Waals surface area contributed by atoms with E-state index in [0.717, 1.165) is 27.2 Å². The van der Waals surface area contributed by atoms with Crippen molar-refractivity contribution in [3.63, 3.8) is 0 Å². The maximum atomic E-state index is 13.5. The number of benzene rings is 2. The van der Waals surface area contributed by atoms with E-state index >= 15 is 0 Å². The molecule has 0 bridgehead atoms. The fourth-order valence-corrected chi connectivity index (χ4v) is 6.09. The van der Waals surface area contributed by atoms with Crippen molar-refractivity contribution in [2.24, 2.45) is 4.99 Å². The van der Waals surface area contributed by atoms with E-state index in [1.807, 2.05) is 25.1 Å². The van der Waals surface area contributed by atoms with E-state index in [2.05, 4.69) is 25.2 Å². The van der Waals surface area contributed by atoms with Crippen LogP contribution >= 0.6 is 20.7 Å². The number of rotatable bonds is 3. The van der Waals surface area contributed by atoms with Crippen molar-refractivity contribution in [3.05, 3.63) is 57.8 Å². The number of nitrogens with zero attached hydrogens (tertiary/aromatic N) is 1. The van der Waals surface area contributed by atoms with Crippen LogP contribution in [0.25, 0.3) is 11.1 Å². The van der Waals surface area contributed by atoms with Crippen LogP contribution in [0.1, 0.15) is 25.6 Å². The predicted molar refractivity (Wildman–Crippen MR) is 107 cm³/mol. The van der Waals surface area contributed by atoms with Crippen LogP contribution in [0.3, 0.4) is 0 Å². The summed E-state index contributed by atoms with van der Waals surface area (Å²) in [5, 5.41) is 3.61. The molecule has 1 N–H and O–H groups in total. The summed E-state index contributed by atoms with van der Waals surface area (Å²) in [6.45, 7) is 6.94. The van der Waals surface area contributed by atoms with E-state index in [1.54, 1.807) is 26.7 Å². The molecule has 0 atom stereocenters. The number of nitrogens with one attached hydrogen (secondary N) is 1. The summed E-state index contributed by atoms with van der Waals surface area (Å²) in [6.07, 6.45) is 0. The zero-order valence-corrected chi connectivity index (χ0v) is 16.4. The van der Waals surface area contributed by atoms with Gasteiger partial charge in [-0.25, -0.2) is 9.38 Å². The predicted octanol–water partition coefficient (Wildman–Crippen LogP) is 5.91. The molecule has 4 rings (SSSR count). The summed E-state index contributed by atoms with van der Waals surface area (Å²) in [5.74, 6) is 0.574. The third-order valence-electron chi connectivity index (χ3n) is 4.27. The van der Waals surface area contributed by atoms with E-state index < -0.39 is 0 Å². The van der Waals surface area contributed by atoms with E-state index in [1.165, 1.54) is 17.0 Å². The van der Waals surface area contributed by atoms with E-state index in [-0.39, 0.29) is 11.4 Å². The Balaban J connectivity index is 1.92. The molecule has 3 nitrogen and oxygen atoms in total. The Kier molecular flexibility index (Phi) is 4.32. The first-order chi connectivity index (χ1) is 12.5. The third-order valence-corrected chi connectivity index (χ3v) is 6.91. The smallest absolute Gasteiger partial charge is 0.135 e. The Morgan fingerprint density at radius 2 is 2.00 bits per heavy atom. The summed E-state index contributed by atoms with van der Waals surface area (Å²) in [6, 6.07) is 12.5. The van der Waals surface area contributed by atoms with E-state index in [9.17, 15) is 4.39 Å². The maximum absolute atomic E-state index is 13.5. The molecule has 0 spiro atoms. The van der Waals surface area contributed by atoms with Gasteiger partial charge in [0.2, 0.25) is 0 Å². The van der Waals surface area contributed by atoms with Crippen LogP contribution < -0.4 is 14.7 Å². The molecule has 0 unspecified atom stereocenters. The minimum atomic E-state index is -0.274. The average molecular weight is 387 g/mol. The molecule has 2 heterocycles. The normalized spacial score (nSPS) is 15.2. The minimum absolute atomic E-state index is 0.204. The summed E-state index contributed by atoms with van der Waals surface area (Å²) in [5.41, 5.74) is 3.70. The minimum Gasteiger partial charge on any atom is -0.494 e. The molecular formula is C20H19FN2OS2. The Morgan fingerprint density at radius 1 is 1.15 bits per heavy atom. The molecule has 0 saturated carbocycles. The number of ether oxygens (including phenoxy) is 1. The molecule has 0 aliphatic carbocycles. The van der Waals surface area contributed by atoms with Gasteiger partial charge < -0.3 is 10.1 Å². The quantitative estimate of drug-likeness (QED) is 0.568. The highest BCUT2D eigenvalue weighted by Gasteiger charge is 2.33. The van der Waals surface area contributed by atoms with Gasteiger partial charge in [-0.2, -0.15) is 0 Å². The van der Waals surface area contributed by atoms with Crippen molar-refractivity contribution in [2.75, 3.05) is 11.9 Å². The number of hydrogen-bond donors (Lipinski definition) is 1. The molecule has 1 aliphatic heterocycles. The fraction of sp³-hybridized carbons (Fsp3) is 0.250. The van der Waals surface area contributed by atoms with Crippen LogP contribution in [0.4, 0.5) is 15.8 Å². The Hall–Kier alpha value is -2.18. The SMILES string of the molecule is CCOc1ccc2c(c1)NC(C)(C)c1ssc(=Nc3cccc(F)c3)c1-2. The molecule has 0 radical (unpaired) electrons. The Labute approximate surface area is 159 Å². The van der Waals surface area contributed by atoms with Crippen molar-refractivity contribution in [1.29, 1.82) is 0 Å². The van der Waals surface area contributed by atoms with Gasteiger partial charge in [0.1, 0.15) is 16.2 Å². The molecule has 1 aliphatic rings. The largest absolute Gasteiger partial charge is 0.494 e. The van der Waals surface area contributed by atoms with Crippen LogP contribution in [0.15, 0.2) is 47.5 Å². The molecule has 134 valence electrons. The summed E-state index contributed by atoms with van der Waals surface area (Å²) in [4.78, 5) is 5.97. The standard InChI is InChI=1S/C20H19FN2OS2/c1-4-24-14-8-9-15-16(11-14)23-20(2,3)18-17(15)19(26-25-18)22-13-7-5-6-12(21)10-13/h5-11,23H,4H2,1-3H3. The molecule has 6 heteroatoms. The lowest BCUT2D eigenvalue weighted by Crippen LogP contribution is -2.31. The van der Waals surface area contributed by atoms with Crippen molar-refractivity contribution in [2.45, 2.75) is 26.3 Å². The first-order valence-corrected chi connectivity index (χ1v) is 10.6. The van der Waals surface area contributed by atoms with Gasteiger partial charge >= 0.3 is 0 Å². The first kappa shape index (κ1) is 17.2. The Morgan fingerprint density at radius 3 is 2.77 bits per heavy atom. The van der Waals surface area contributed by atoms with E-state index in [0.29, 0.717) is 12.3 Å². The number of anilines is 1. The molecule has 2 aromatic carbocycles. The molecule has 0 fully saturated rings. The average Bonchev–Trinajstić information content (AvgIpc) is 3.00.